The fourth-order valence-electron chi connectivity index (χ4n) is 2.10. The molecule has 2 rings (SSSR count). The lowest BCUT2D eigenvalue weighted by atomic mass is 10.2. The lowest BCUT2D eigenvalue weighted by Gasteiger charge is -2.37. The molecule has 1 aromatic carbocycles. The molecule has 0 atom stereocenters. The maximum absolute atomic E-state index is 4.20. The fourth-order valence-corrected chi connectivity index (χ4v) is 4.33. The number of fused-ring (bicyclic) bond motifs is 1. The number of aromatic amines is 1. The molecule has 0 saturated carbocycles. The molecule has 0 aliphatic carbocycles. The molecule has 0 saturated heterocycles. The van der Waals surface area contributed by atoms with Crippen LogP contribution >= 0.6 is 0 Å². The molecule has 0 aliphatic rings. The number of H-pyrrole nitrogens is 1. The molecule has 0 bridgehead atoms. The van der Waals surface area contributed by atoms with Gasteiger partial charge in [0.1, 0.15) is 0 Å². The molecule has 0 spiro atoms. The average molecular weight is 246 g/mol. The number of hydrogen-bond donors (Lipinski definition) is 1. The van der Waals surface area contributed by atoms with E-state index in [-0.39, 0.29) is 0 Å². The Hall–Kier alpha value is -1.09. The van der Waals surface area contributed by atoms with Crippen LogP contribution in [0.1, 0.15) is 26.3 Å². The summed E-state index contributed by atoms with van der Waals surface area (Å²) in [5.41, 5.74) is 2.57. The first-order chi connectivity index (χ1) is 7.73. The van der Waals surface area contributed by atoms with E-state index in [4.69, 9.17) is 0 Å². The summed E-state index contributed by atoms with van der Waals surface area (Å²) in [5, 5.41) is 10.5. The Balaban J connectivity index is 2.74. The Morgan fingerprint density at radius 1 is 1.18 bits per heavy atom. The van der Waals surface area contributed by atoms with Crippen molar-refractivity contribution >= 4 is 24.2 Å². The highest BCUT2D eigenvalue weighted by Gasteiger charge is 2.38. The molecule has 3 heteroatoms. The number of aromatic nitrogens is 2. The van der Waals surface area contributed by atoms with Crippen molar-refractivity contribution in [2.24, 2.45) is 0 Å². The third kappa shape index (κ3) is 1.93. The molecule has 2 nitrogen and oxygen atoms in total. The second-order valence-corrected chi connectivity index (χ2v) is 11.8. The van der Waals surface area contributed by atoms with Crippen molar-refractivity contribution in [2.45, 2.75) is 45.8 Å². The normalized spacial score (nSPS) is 13.3. The number of hydrogen-bond acceptors (Lipinski definition) is 1. The fraction of sp³-hybridized carbons (Fsp3) is 0.500. The average Bonchev–Trinajstić information content (AvgIpc) is 2.61. The highest BCUT2D eigenvalue weighted by molar-refractivity contribution is 6.93. The number of benzene rings is 1. The van der Waals surface area contributed by atoms with E-state index < -0.39 is 8.07 Å². The number of nitrogens with one attached hydrogen (secondary N) is 1. The minimum Gasteiger partial charge on any atom is -0.278 e. The molecule has 0 unspecified atom stereocenters. The SMILES string of the molecule is Cc1cc([Si](C)(C)C(C)(C)C)c2[nH]ncc2c1. The van der Waals surface area contributed by atoms with Gasteiger partial charge < -0.3 is 0 Å². The number of rotatable bonds is 1. The molecule has 92 valence electrons. The van der Waals surface area contributed by atoms with E-state index in [0.717, 1.165) is 0 Å². The number of nitrogens with zero attached hydrogens (tertiary/aromatic N) is 1. The second-order valence-electron chi connectivity index (χ2n) is 6.52. The summed E-state index contributed by atoms with van der Waals surface area (Å²) >= 11 is 0. The summed E-state index contributed by atoms with van der Waals surface area (Å²) in [7, 11) is -1.51. The van der Waals surface area contributed by atoms with Crippen molar-refractivity contribution in [3.8, 4) is 0 Å². The van der Waals surface area contributed by atoms with Gasteiger partial charge in [0.25, 0.3) is 0 Å². The molecule has 1 aromatic heterocycles. The maximum atomic E-state index is 4.20. The summed E-state index contributed by atoms with van der Waals surface area (Å²) in [6.45, 7) is 14.1. The highest BCUT2D eigenvalue weighted by Crippen LogP contribution is 2.36. The predicted octanol–water partition coefficient (Wildman–Crippen LogP) is 3.59. The Labute approximate surface area is 104 Å². The molecule has 0 radical (unpaired) electrons. The smallest absolute Gasteiger partial charge is 0.0887 e. The molecule has 1 heterocycles. The molecular weight excluding hydrogens is 224 g/mol. The molecule has 0 fully saturated rings. The molecule has 1 N–H and O–H groups in total. The molecule has 17 heavy (non-hydrogen) atoms. The quantitative estimate of drug-likeness (QED) is 0.765. The van der Waals surface area contributed by atoms with Crippen molar-refractivity contribution in [1.82, 2.24) is 10.2 Å². The van der Waals surface area contributed by atoms with Gasteiger partial charge in [-0.3, -0.25) is 5.10 Å². The van der Waals surface area contributed by atoms with E-state index in [0.29, 0.717) is 5.04 Å². The largest absolute Gasteiger partial charge is 0.278 e. The minimum absolute atomic E-state index is 0.346. The lowest BCUT2D eigenvalue weighted by molar-refractivity contribution is 0.730. The van der Waals surface area contributed by atoms with Gasteiger partial charge in [-0.05, 0) is 23.2 Å². The van der Waals surface area contributed by atoms with Crippen LogP contribution in [-0.2, 0) is 0 Å². The van der Waals surface area contributed by atoms with Crippen LogP contribution in [0, 0.1) is 6.92 Å². The summed E-state index contributed by atoms with van der Waals surface area (Å²) in [6, 6.07) is 4.55. The standard InChI is InChI=1S/C14H22N2Si/c1-10-7-11-9-15-16-13(11)12(8-10)17(5,6)14(2,3)4/h7-9H,1-6H3,(H,15,16). The van der Waals surface area contributed by atoms with Crippen LogP contribution in [0.25, 0.3) is 10.9 Å². The van der Waals surface area contributed by atoms with Gasteiger partial charge >= 0.3 is 0 Å². The van der Waals surface area contributed by atoms with Gasteiger partial charge in [-0.15, -0.1) is 0 Å². The zero-order valence-corrected chi connectivity index (χ0v) is 12.7. The van der Waals surface area contributed by atoms with Gasteiger partial charge in [0.15, 0.2) is 0 Å². The third-order valence-electron chi connectivity index (χ3n) is 4.24. The van der Waals surface area contributed by atoms with Crippen LogP contribution in [0.2, 0.25) is 18.1 Å². The summed E-state index contributed by atoms with van der Waals surface area (Å²) in [5.74, 6) is 0. The van der Waals surface area contributed by atoms with Crippen molar-refractivity contribution in [2.75, 3.05) is 0 Å². The van der Waals surface area contributed by atoms with Crippen LogP contribution in [0.5, 0.6) is 0 Å². The first kappa shape index (κ1) is 12.4. The Kier molecular flexibility index (Phi) is 2.69. The summed E-state index contributed by atoms with van der Waals surface area (Å²) in [6.07, 6.45) is 1.93. The van der Waals surface area contributed by atoms with Crippen molar-refractivity contribution in [3.05, 3.63) is 23.9 Å². The van der Waals surface area contributed by atoms with Crippen molar-refractivity contribution < 1.29 is 0 Å². The van der Waals surface area contributed by atoms with E-state index in [2.05, 4.69) is 63.1 Å². The van der Waals surface area contributed by atoms with Gasteiger partial charge in [0.05, 0.1) is 19.8 Å². The lowest BCUT2D eigenvalue weighted by Crippen LogP contribution is -2.49. The van der Waals surface area contributed by atoms with Gasteiger partial charge in [-0.1, -0.05) is 45.5 Å². The van der Waals surface area contributed by atoms with Gasteiger partial charge in [-0.2, -0.15) is 5.10 Å². The third-order valence-corrected chi connectivity index (χ3v) is 9.73. The minimum atomic E-state index is -1.51. The van der Waals surface area contributed by atoms with E-state index in [1.807, 2.05) is 6.20 Å². The Morgan fingerprint density at radius 3 is 2.41 bits per heavy atom. The van der Waals surface area contributed by atoms with Crippen LogP contribution in [0.4, 0.5) is 0 Å². The zero-order valence-electron chi connectivity index (χ0n) is 11.7. The molecular formula is C14H22N2Si. The maximum Gasteiger partial charge on any atom is 0.0887 e. The van der Waals surface area contributed by atoms with Gasteiger partial charge in [0.2, 0.25) is 0 Å². The first-order valence-corrected chi connectivity index (χ1v) is 9.18. The summed E-state index contributed by atoms with van der Waals surface area (Å²) < 4.78 is 0. The van der Waals surface area contributed by atoms with Gasteiger partial charge in [0, 0.05) is 5.39 Å². The van der Waals surface area contributed by atoms with Crippen LogP contribution < -0.4 is 5.19 Å². The zero-order chi connectivity index (χ0) is 12.8. The first-order valence-electron chi connectivity index (χ1n) is 6.18. The highest BCUT2D eigenvalue weighted by atomic mass is 28.3. The summed E-state index contributed by atoms with van der Waals surface area (Å²) in [4.78, 5) is 0. The van der Waals surface area contributed by atoms with E-state index in [9.17, 15) is 0 Å². The van der Waals surface area contributed by atoms with E-state index in [1.165, 1.54) is 21.7 Å². The van der Waals surface area contributed by atoms with E-state index in [1.54, 1.807) is 0 Å². The van der Waals surface area contributed by atoms with Crippen LogP contribution in [0.15, 0.2) is 18.3 Å². The van der Waals surface area contributed by atoms with Crippen LogP contribution in [0.3, 0.4) is 0 Å². The molecule has 0 amide bonds. The molecule has 2 aromatic rings. The topological polar surface area (TPSA) is 28.7 Å². The monoisotopic (exact) mass is 246 g/mol. The van der Waals surface area contributed by atoms with Gasteiger partial charge in [-0.25, -0.2) is 0 Å². The van der Waals surface area contributed by atoms with Crippen molar-refractivity contribution in [3.63, 3.8) is 0 Å². The molecule has 0 aliphatic heterocycles. The second kappa shape index (κ2) is 3.70. The Bertz CT molecular complexity index is 547. The van der Waals surface area contributed by atoms with Crippen molar-refractivity contribution in [1.29, 1.82) is 0 Å². The Morgan fingerprint density at radius 2 is 1.82 bits per heavy atom. The van der Waals surface area contributed by atoms with Crippen LogP contribution in [-0.4, -0.2) is 18.3 Å². The predicted molar refractivity (Wildman–Crippen MR) is 77.7 cm³/mol. The number of aryl methyl sites for hydroxylation is 1. The van der Waals surface area contributed by atoms with E-state index >= 15 is 0 Å².